The number of sulfonamides is 1. The Morgan fingerprint density at radius 2 is 2.00 bits per heavy atom. The standard InChI is InChI=1S/C7H17NO3S/c1-7(2)6-11-5-4-8-12(3,9)10/h7-8H,4-6H2,1-3H3. The van der Waals surface area contributed by atoms with E-state index in [0.717, 1.165) is 6.26 Å². The van der Waals surface area contributed by atoms with Crippen LogP contribution < -0.4 is 4.72 Å². The molecule has 0 unspecified atom stereocenters. The molecule has 0 saturated carbocycles. The van der Waals surface area contributed by atoms with Crippen molar-refractivity contribution in [2.24, 2.45) is 5.92 Å². The highest BCUT2D eigenvalue weighted by molar-refractivity contribution is 7.88. The summed E-state index contributed by atoms with van der Waals surface area (Å²) in [6, 6.07) is 0. The summed E-state index contributed by atoms with van der Waals surface area (Å²) in [6.45, 7) is 5.55. The molecule has 0 aromatic rings. The Kier molecular flexibility index (Phi) is 5.44. The summed E-state index contributed by atoms with van der Waals surface area (Å²) in [7, 11) is -3.05. The van der Waals surface area contributed by atoms with Crippen molar-refractivity contribution >= 4 is 10.0 Å². The Morgan fingerprint density at radius 3 is 2.42 bits per heavy atom. The zero-order chi connectivity index (χ0) is 9.61. The van der Waals surface area contributed by atoms with Crippen LogP contribution in [0.15, 0.2) is 0 Å². The summed E-state index contributed by atoms with van der Waals surface area (Å²) in [5.41, 5.74) is 0. The minimum absolute atomic E-state index is 0.353. The molecule has 0 aliphatic carbocycles. The molecular formula is C7H17NO3S. The predicted octanol–water partition coefficient (Wildman–Crippen LogP) is 0.208. The zero-order valence-electron chi connectivity index (χ0n) is 7.83. The van der Waals surface area contributed by atoms with Crippen LogP contribution in [0.5, 0.6) is 0 Å². The van der Waals surface area contributed by atoms with Gasteiger partial charge in [-0.2, -0.15) is 0 Å². The van der Waals surface area contributed by atoms with E-state index in [1.165, 1.54) is 0 Å². The third kappa shape index (κ3) is 9.87. The maximum Gasteiger partial charge on any atom is 0.208 e. The lowest BCUT2D eigenvalue weighted by Gasteiger charge is -2.06. The van der Waals surface area contributed by atoms with Gasteiger partial charge in [0.1, 0.15) is 0 Å². The van der Waals surface area contributed by atoms with Crippen LogP contribution in [-0.4, -0.2) is 34.4 Å². The first-order chi connectivity index (χ1) is 5.42. The third-order valence-electron chi connectivity index (χ3n) is 1.06. The molecule has 0 aliphatic heterocycles. The van der Waals surface area contributed by atoms with Crippen molar-refractivity contribution in [1.29, 1.82) is 0 Å². The first-order valence-electron chi connectivity index (χ1n) is 3.94. The van der Waals surface area contributed by atoms with Crippen LogP contribution in [0.25, 0.3) is 0 Å². The fourth-order valence-electron chi connectivity index (χ4n) is 0.618. The highest BCUT2D eigenvalue weighted by atomic mass is 32.2. The van der Waals surface area contributed by atoms with Crippen molar-refractivity contribution in [3.05, 3.63) is 0 Å². The average Bonchev–Trinajstić information content (AvgIpc) is 1.83. The molecule has 0 aromatic heterocycles. The van der Waals surface area contributed by atoms with Gasteiger partial charge in [0.25, 0.3) is 0 Å². The van der Waals surface area contributed by atoms with Gasteiger partial charge in [0.15, 0.2) is 0 Å². The molecule has 12 heavy (non-hydrogen) atoms. The first-order valence-corrected chi connectivity index (χ1v) is 5.83. The lowest BCUT2D eigenvalue weighted by Crippen LogP contribution is -2.26. The SMILES string of the molecule is CC(C)COCCNS(C)(=O)=O. The van der Waals surface area contributed by atoms with Crippen molar-refractivity contribution in [3.8, 4) is 0 Å². The van der Waals surface area contributed by atoms with Crippen molar-refractivity contribution in [2.75, 3.05) is 26.0 Å². The molecule has 0 fully saturated rings. The first kappa shape index (κ1) is 11.9. The molecule has 0 bridgehead atoms. The van der Waals surface area contributed by atoms with E-state index in [1.54, 1.807) is 0 Å². The third-order valence-corrected chi connectivity index (χ3v) is 1.79. The van der Waals surface area contributed by atoms with Crippen molar-refractivity contribution in [3.63, 3.8) is 0 Å². The lowest BCUT2D eigenvalue weighted by atomic mass is 10.2. The normalized spacial score (nSPS) is 12.3. The molecule has 5 heteroatoms. The molecule has 0 amide bonds. The molecule has 0 atom stereocenters. The van der Waals surface area contributed by atoms with Crippen molar-refractivity contribution < 1.29 is 13.2 Å². The van der Waals surface area contributed by atoms with Gasteiger partial charge >= 0.3 is 0 Å². The molecule has 0 aromatic carbocycles. The smallest absolute Gasteiger partial charge is 0.208 e. The van der Waals surface area contributed by atoms with Gasteiger partial charge in [0, 0.05) is 13.2 Å². The monoisotopic (exact) mass is 195 g/mol. The molecule has 74 valence electrons. The largest absolute Gasteiger partial charge is 0.380 e. The molecular weight excluding hydrogens is 178 g/mol. The highest BCUT2D eigenvalue weighted by Gasteiger charge is 1.98. The Bertz CT molecular complexity index is 199. The van der Waals surface area contributed by atoms with Crippen LogP contribution in [0.2, 0.25) is 0 Å². The van der Waals surface area contributed by atoms with E-state index in [4.69, 9.17) is 4.74 Å². The van der Waals surface area contributed by atoms with Gasteiger partial charge in [0.2, 0.25) is 10.0 Å². The molecule has 4 nitrogen and oxygen atoms in total. The van der Waals surface area contributed by atoms with E-state index in [9.17, 15) is 8.42 Å². The van der Waals surface area contributed by atoms with Gasteiger partial charge in [-0.1, -0.05) is 13.8 Å². The second kappa shape index (κ2) is 5.50. The van der Waals surface area contributed by atoms with E-state index in [-0.39, 0.29) is 0 Å². The van der Waals surface area contributed by atoms with Gasteiger partial charge in [-0.25, -0.2) is 13.1 Å². The maximum atomic E-state index is 10.6. The quantitative estimate of drug-likeness (QED) is 0.616. The minimum atomic E-state index is -3.05. The Balaban J connectivity index is 3.23. The average molecular weight is 195 g/mol. The van der Waals surface area contributed by atoms with E-state index in [2.05, 4.69) is 4.72 Å². The van der Waals surface area contributed by atoms with E-state index < -0.39 is 10.0 Å². The lowest BCUT2D eigenvalue weighted by molar-refractivity contribution is 0.114. The summed E-state index contributed by atoms with van der Waals surface area (Å²) < 4.78 is 28.6. The summed E-state index contributed by atoms with van der Waals surface area (Å²) in [5.74, 6) is 0.489. The number of hydrogen-bond donors (Lipinski definition) is 1. The molecule has 0 heterocycles. The minimum Gasteiger partial charge on any atom is -0.380 e. The molecule has 0 radical (unpaired) electrons. The number of nitrogens with one attached hydrogen (secondary N) is 1. The number of rotatable bonds is 6. The van der Waals surface area contributed by atoms with Crippen molar-refractivity contribution in [2.45, 2.75) is 13.8 Å². The van der Waals surface area contributed by atoms with E-state index >= 15 is 0 Å². The summed E-state index contributed by atoms with van der Waals surface area (Å²) in [5, 5.41) is 0. The summed E-state index contributed by atoms with van der Waals surface area (Å²) in [6.07, 6.45) is 1.13. The Morgan fingerprint density at radius 1 is 1.42 bits per heavy atom. The number of ether oxygens (including phenoxy) is 1. The van der Waals surface area contributed by atoms with Crippen LogP contribution in [0, 0.1) is 5.92 Å². The van der Waals surface area contributed by atoms with Gasteiger partial charge < -0.3 is 4.74 Å². The van der Waals surface area contributed by atoms with Crippen LogP contribution in [-0.2, 0) is 14.8 Å². The van der Waals surface area contributed by atoms with Crippen LogP contribution in [0.1, 0.15) is 13.8 Å². The molecule has 0 saturated heterocycles. The predicted molar refractivity (Wildman–Crippen MR) is 48.5 cm³/mol. The zero-order valence-corrected chi connectivity index (χ0v) is 8.65. The molecule has 0 spiro atoms. The second-order valence-electron chi connectivity index (χ2n) is 3.14. The fourth-order valence-corrected chi connectivity index (χ4v) is 1.07. The maximum absolute atomic E-state index is 10.6. The van der Waals surface area contributed by atoms with Gasteiger partial charge in [-0.3, -0.25) is 0 Å². The topological polar surface area (TPSA) is 55.4 Å². The van der Waals surface area contributed by atoms with Crippen LogP contribution in [0.4, 0.5) is 0 Å². The highest BCUT2D eigenvalue weighted by Crippen LogP contribution is 1.90. The summed E-state index contributed by atoms with van der Waals surface area (Å²) >= 11 is 0. The molecule has 0 rings (SSSR count). The van der Waals surface area contributed by atoms with Gasteiger partial charge in [-0.05, 0) is 5.92 Å². The fraction of sp³-hybridized carbons (Fsp3) is 1.00. The second-order valence-corrected chi connectivity index (χ2v) is 4.97. The summed E-state index contributed by atoms with van der Waals surface area (Å²) in [4.78, 5) is 0. The Hall–Kier alpha value is -0.130. The number of hydrogen-bond acceptors (Lipinski definition) is 3. The molecule has 1 N–H and O–H groups in total. The van der Waals surface area contributed by atoms with Gasteiger partial charge in [-0.15, -0.1) is 0 Å². The van der Waals surface area contributed by atoms with Gasteiger partial charge in [0.05, 0.1) is 12.9 Å². The van der Waals surface area contributed by atoms with Crippen molar-refractivity contribution in [1.82, 2.24) is 4.72 Å². The van der Waals surface area contributed by atoms with E-state index in [0.29, 0.717) is 25.7 Å². The Labute approximate surface area is 74.4 Å². The van der Waals surface area contributed by atoms with Crippen LogP contribution >= 0.6 is 0 Å². The van der Waals surface area contributed by atoms with Crippen LogP contribution in [0.3, 0.4) is 0 Å². The molecule has 0 aliphatic rings. The van der Waals surface area contributed by atoms with E-state index in [1.807, 2.05) is 13.8 Å².